The van der Waals surface area contributed by atoms with Gasteiger partial charge in [-0.05, 0) is 48.2 Å². The first-order valence-electron chi connectivity index (χ1n) is 7.42. The molecule has 0 radical (unpaired) electrons. The Morgan fingerprint density at radius 1 is 1.05 bits per heavy atom. The lowest BCUT2D eigenvalue weighted by Crippen LogP contribution is -2.16. The van der Waals surface area contributed by atoms with Crippen molar-refractivity contribution in [1.82, 2.24) is 5.32 Å². The number of hydrogen-bond acceptors (Lipinski definition) is 3. The van der Waals surface area contributed by atoms with Crippen LogP contribution in [0.2, 0.25) is 0 Å². The Morgan fingerprint density at radius 3 is 2.33 bits per heavy atom. The predicted molar refractivity (Wildman–Crippen MR) is 91.4 cm³/mol. The van der Waals surface area contributed by atoms with Crippen molar-refractivity contribution in [3.8, 4) is 5.75 Å². The van der Waals surface area contributed by atoms with Gasteiger partial charge in [-0.25, -0.2) is 0 Å². The standard InChI is InChI=1S/C18H25NOS/c1-18(2,3)17-10-9-16(21-17)13-19-12-11-14-5-7-15(20-4)8-6-14/h5-10,19H,11-13H2,1-4H3. The highest BCUT2D eigenvalue weighted by Gasteiger charge is 2.15. The third-order valence-electron chi connectivity index (χ3n) is 3.45. The van der Waals surface area contributed by atoms with Crippen LogP contribution in [0.5, 0.6) is 5.75 Å². The van der Waals surface area contributed by atoms with E-state index in [1.165, 1.54) is 15.3 Å². The summed E-state index contributed by atoms with van der Waals surface area (Å²) < 4.78 is 5.17. The smallest absolute Gasteiger partial charge is 0.118 e. The fourth-order valence-electron chi connectivity index (χ4n) is 2.11. The van der Waals surface area contributed by atoms with Crippen LogP contribution in [0.15, 0.2) is 36.4 Å². The van der Waals surface area contributed by atoms with Crippen molar-refractivity contribution in [2.45, 2.75) is 39.2 Å². The van der Waals surface area contributed by atoms with E-state index < -0.39 is 0 Å². The number of thiophene rings is 1. The Kier molecular flexibility index (Phi) is 5.43. The fourth-order valence-corrected chi connectivity index (χ4v) is 3.15. The van der Waals surface area contributed by atoms with Crippen molar-refractivity contribution in [3.05, 3.63) is 51.7 Å². The van der Waals surface area contributed by atoms with Crippen LogP contribution in [-0.2, 0) is 18.4 Å². The van der Waals surface area contributed by atoms with Gasteiger partial charge in [0.15, 0.2) is 0 Å². The van der Waals surface area contributed by atoms with Gasteiger partial charge >= 0.3 is 0 Å². The van der Waals surface area contributed by atoms with E-state index in [0.29, 0.717) is 0 Å². The van der Waals surface area contributed by atoms with Crippen LogP contribution < -0.4 is 10.1 Å². The Balaban J connectivity index is 1.75. The van der Waals surface area contributed by atoms with Crippen LogP contribution in [0.4, 0.5) is 0 Å². The summed E-state index contributed by atoms with van der Waals surface area (Å²) in [5.74, 6) is 0.917. The van der Waals surface area contributed by atoms with Crippen molar-refractivity contribution in [3.63, 3.8) is 0 Å². The molecule has 3 heteroatoms. The molecule has 0 bridgehead atoms. The Morgan fingerprint density at radius 2 is 1.76 bits per heavy atom. The lowest BCUT2D eigenvalue weighted by molar-refractivity contribution is 0.414. The first-order chi connectivity index (χ1) is 9.99. The highest BCUT2D eigenvalue weighted by atomic mass is 32.1. The van der Waals surface area contributed by atoms with Crippen LogP contribution >= 0.6 is 11.3 Å². The predicted octanol–water partition coefficient (Wildman–Crippen LogP) is 4.39. The molecule has 0 saturated heterocycles. The third kappa shape index (κ3) is 4.87. The maximum Gasteiger partial charge on any atom is 0.118 e. The quantitative estimate of drug-likeness (QED) is 0.799. The van der Waals surface area contributed by atoms with E-state index in [2.05, 4.69) is 50.4 Å². The maximum atomic E-state index is 5.17. The van der Waals surface area contributed by atoms with Crippen LogP contribution in [0.3, 0.4) is 0 Å². The average molecular weight is 303 g/mol. The molecule has 1 heterocycles. The SMILES string of the molecule is COc1ccc(CCNCc2ccc(C(C)(C)C)s2)cc1. The van der Waals surface area contributed by atoms with Gasteiger partial charge in [0.25, 0.3) is 0 Å². The topological polar surface area (TPSA) is 21.3 Å². The van der Waals surface area contributed by atoms with Crippen LogP contribution in [0.25, 0.3) is 0 Å². The number of ether oxygens (including phenoxy) is 1. The summed E-state index contributed by atoms with van der Waals surface area (Å²) in [5, 5.41) is 3.52. The molecule has 2 aromatic rings. The van der Waals surface area contributed by atoms with Crippen LogP contribution in [-0.4, -0.2) is 13.7 Å². The molecule has 0 aliphatic carbocycles. The van der Waals surface area contributed by atoms with Gasteiger partial charge in [-0.2, -0.15) is 0 Å². The molecule has 0 atom stereocenters. The van der Waals surface area contributed by atoms with Gasteiger partial charge in [0.1, 0.15) is 5.75 Å². The van der Waals surface area contributed by atoms with Crippen LogP contribution in [0, 0.1) is 0 Å². The molecule has 2 rings (SSSR count). The lowest BCUT2D eigenvalue weighted by atomic mass is 9.95. The molecule has 0 aliphatic rings. The summed E-state index contributed by atoms with van der Waals surface area (Å²) in [6.45, 7) is 8.74. The van der Waals surface area contributed by atoms with Gasteiger partial charge in [0.2, 0.25) is 0 Å². The summed E-state index contributed by atoms with van der Waals surface area (Å²) in [4.78, 5) is 2.86. The zero-order valence-corrected chi connectivity index (χ0v) is 14.2. The minimum absolute atomic E-state index is 0.256. The van der Waals surface area contributed by atoms with Gasteiger partial charge in [0.05, 0.1) is 7.11 Å². The van der Waals surface area contributed by atoms with Gasteiger partial charge in [-0.15, -0.1) is 11.3 Å². The first-order valence-corrected chi connectivity index (χ1v) is 8.23. The van der Waals surface area contributed by atoms with E-state index in [4.69, 9.17) is 4.74 Å². The molecular formula is C18H25NOS. The number of nitrogens with one attached hydrogen (secondary N) is 1. The molecular weight excluding hydrogens is 278 g/mol. The maximum absolute atomic E-state index is 5.17. The second kappa shape index (κ2) is 7.10. The largest absolute Gasteiger partial charge is 0.497 e. The first kappa shape index (κ1) is 16.1. The number of benzene rings is 1. The van der Waals surface area contributed by atoms with E-state index in [0.717, 1.165) is 25.3 Å². The van der Waals surface area contributed by atoms with Crippen molar-refractivity contribution in [2.75, 3.05) is 13.7 Å². The Labute approximate surface area is 132 Å². The van der Waals surface area contributed by atoms with Gasteiger partial charge < -0.3 is 10.1 Å². The Hall–Kier alpha value is -1.32. The summed E-state index contributed by atoms with van der Waals surface area (Å²) in [7, 11) is 1.70. The minimum atomic E-state index is 0.256. The molecule has 0 spiro atoms. The lowest BCUT2D eigenvalue weighted by Gasteiger charge is -2.15. The van der Waals surface area contributed by atoms with E-state index >= 15 is 0 Å². The molecule has 1 aromatic carbocycles. The van der Waals surface area contributed by atoms with Crippen LogP contribution in [0.1, 0.15) is 36.1 Å². The normalized spacial score (nSPS) is 11.6. The molecule has 0 aliphatic heterocycles. The van der Waals surface area contributed by atoms with Gasteiger partial charge in [0, 0.05) is 16.3 Å². The van der Waals surface area contributed by atoms with E-state index in [-0.39, 0.29) is 5.41 Å². The highest BCUT2D eigenvalue weighted by Crippen LogP contribution is 2.29. The summed E-state index contributed by atoms with van der Waals surface area (Å²) >= 11 is 1.91. The van der Waals surface area contributed by atoms with Crippen molar-refractivity contribution in [2.24, 2.45) is 0 Å². The molecule has 0 fully saturated rings. The fraction of sp³-hybridized carbons (Fsp3) is 0.444. The van der Waals surface area contributed by atoms with Crippen molar-refractivity contribution >= 4 is 11.3 Å². The Bertz CT molecular complexity index is 551. The number of rotatable bonds is 6. The summed E-state index contributed by atoms with van der Waals surface area (Å²) in [6, 6.07) is 12.8. The zero-order valence-electron chi connectivity index (χ0n) is 13.4. The second-order valence-corrected chi connectivity index (χ2v) is 7.46. The summed E-state index contributed by atoms with van der Waals surface area (Å²) in [5.41, 5.74) is 1.59. The molecule has 1 aromatic heterocycles. The zero-order chi connectivity index (χ0) is 15.3. The molecule has 0 unspecified atom stereocenters. The van der Waals surface area contributed by atoms with E-state index in [9.17, 15) is 0 Å². The van der Waals surface area contributed by atoms with Gasteiger partial charge in [-0.1, -0.05) is 32.9 Å². The molecule has 0 saturated carbocycles. The molecule has 0 amide bonds. The number of methoxy groups -OCH3 is 1. The van der Waals surface area contributed by atoms with E-state index in [1.807, 2.05) is 23.5 Å². The number of hydrogen-bond donors (Lipinski definition) is 1. The van der Waals surface area contributed by atoms with Crippen molar-refractivity contribution < 1.29 is 4.74 Å². The van der Waals surface area contributed by atoms with E-state index in [1.54, 1.807) is 7.11 Å². The highest BCUT2D eigenvalue weighted by molar-refractivity contribution is 7.12. The molecule has 1 N–H and O–H groups in total. The molecule has 114 valence electrons. The third-order valence-corrected chi connectivity index (χ3v) is 4.96. The minimum Gasteiger partial charge on any atom is -0.497 e. The van der Waals surface area contributed by atoms with Crippen molar-refractivity contribution in [1.29, 1.82) is 0 Å². The second-order valence-electron chi connectivity index (χ2n) is 6.29. The van der Waals surface area contributed by atoms with Gasteiger partial charge in [-0.3, -0.25) is 0 Å². The monoisotopic (exact) mass is 303 g/mol. The molecule has 2 nitrogen and oxygen atoms in total. The molecule has 21 heavy (non-hydrogen) atoms. The summed E-state index contributed by atoms with van der Waals surface area (Å²) in [6.07, 6.45) is 1.04. The average Bonchev–Trinajstić information content (AvgIpc) is 2.93.